The number of aliphatic hydroxyl groups excluding tert-OH is 1. The molecule has 2 aromatic carbocycles. The van der Waals surface area contributed by atoms with Gasteiger partial charge in [0.25, 0.3) is 0 Å². The average molecular weight is 595 g/mol. The third-order valence-corrected chi connectivity index (χ3v) is 8.19. The van der Waals surface area contributed by atoms with Gasteiger partial charge in [-0.3, -0.25) is 4.90 Å². The number of ether oxygens (including phenoxy) is 1. The summed E-state index contributed by atoms with van der Waals surface area (Å²) in [5, 5.41) is 19.6. The van der Waals surface area contributed by atoms with Crippen molar-refractivity contribution in [3.05, 3.63) is 93.2 Å². The molecule has 0 fully saturated rings. The number of hydrogen-bond donors (Lipinski definition) is 2. The highest BCUT2D eigenvalue weighted by Crippen LogP contribution is 2.47. The molecule has 0 radical (unpaired) electrons. The lowest BCUT2D eigenvalue weighted by Gasteiger charge is -2.35. The van der Waals surface area contributed by atoms with Crippen molar-refractivity contribution < 1.29 is 18.6 Å². The van der Waals surface area contributed by atoms with Crippen molar-refractivity contribution in [2.75, 3.05) is 5.73 Å². The van der Waals surface area contributed by atoms with E-state index in [0.717, 1.165) is 0 Å². The maximum absolute atomic E-state index is 15.0. The maximum atomic E-state index is 15.0. The number of thioether (sulfide) groups is 1. The summed E-state index contributed by atoms with van der Waals surface area (Å²) in [6.45, 7) is 5.52. The van der Waals surface area contributed by atoms with Crippen molar-refractivity contribution in [2.45, 2.75) is 39.1 Å². The zero-order valence-corrected chi connectivity index (χ0v) is 23.8. The van der Waals surface area contributed by atoms with Gasteiger partial charge in [-0.05, 0) is 68.3 Å². The molecule has 0 saturated carbocycles. The Hall–Kier alpha value is -3.93. The predicted octanol–water partition coefficient (Wildman–Crippen LogP) is 6.42. The molecule has 0 spiro atoms. The van der Waals surface area contributed by atoms with Gasteiger partial charge < -0.3 is 15.6 Å². The van der Waals surface area contributed by atoms with Crippen LogP contribution in [0.2, 0.25) is 0 Å². The molecule has 4 aromatic rings. The first-order valence-corrected chi connectivity index (χ1v) is 14.1. The predicted molar refractivity (Wildman–Crippen MR) is 156 cm³/mol. The Labute approximate surface area is 243 Å². The number of rotatable bonds is 6. The quantitative estimate of drug-likeness (QED) is 0.247. The summed E-state index contributed by atoms with van der Waals surface area (Å²) in [6.07, 6.45) is 1.85. The summed E-state index contributed by atoms with van der Waals surface area (Å²) in [5.41, 5.74) is 9.19. The summed E-state index contributed by atoms with van der Waals surface area (Å²) in [4.78, 5) is 10.2. The molecule has 3 N–H and O–H groups in total. The van der Waals surface area contributed by atoms with E-state index in [1.54, 1.807) is 39.3 Å². The Bertz CT molecular complexity index is 1790. The summed E-state index contributed by atoms with van der Waals surface area (Å²) in [7, 11) is 0. The summed E-state index contributed by atoms with van der Waals surface area (Å²) < 4.78 is 36.6. The van der Waals surface area contributed by atoms with Gasteiger partial charge in [0.1, 0.15) is 28.8 Å². The summed E-state index contributed by atoms with van der Waals surface area (Å²) >= 11 is 7.77. The second-order valence-corrected chi connectivity index (χ2v) is 11.2. The first-order chi connectivity index (χ1) is 19.6. The topological polar surface area (TPSA) is 102 Å². The number of anilines is 1. The first kappa shape index (κ1) is 27.3. The number of nitrogens with zero attached hydrogens (tertiary/aromatic N) is 5. The maximum Gasteiger partial charge on any atom is 0.165 e. The van der Waals surface area contributed by atoms with Crippen LogP contribution in [-0.4, -0.2) is 42.1 Å². The molecule has 6 rings (SSSR count). The van der Waals surface area contributed by atoms with Crippen molar-refractivity contribution >= 4 is 45.8 Å². The second kappa shape index (κ2) is 10.5. The molecular formula is C29H25ClF2N6O2S. The van der Waals surface area contributed by atoms with E-state index in [2.05, 4.69) is 9.97 Å². The SMILES string of the molecule is CC(C)Oc1ccc(-c2nn(C(C)C3=C(c4cccc(F)c4)C(O)N4C(Cl)=CSC4=C3)c3ncnc(N)c23)cc1F. The number of aliphatic hydroxyl groups is 1. The van der Waals surface area contributed by atoms with Crippen LogP contribution < -0.4 is 10.5 Å². The zero-order valence-electron chi connectivity index (χ0n) is 22.2. The molecule has 0 amide bonds. The Balaban J connectivity index is 1.54. The van der Waals surface area contributed by atoms with Crippen LogP contribution in [0.25, 0.3) is 27.9 Å². The van der Waals surface area contributed by atoms with Gasteiger partial charge in [0, 0.05) is 16.5 Å². The lowest BCUT2D eigenvalue weighted by atomic mass is 9.91. The largest absolute Gasteiger partial charge is 0.488 e. The van der Waals surface area contributed by atoms with E-state index < -0.39 is 23.9 Å². The second-order valence-electron chi connectivity index (χ2n) is 9.90. The van der Waals surface area contributed by atoms with Gasteiger partial charge in [-0.25, -0.2) is 23.4 Å². The Morgan fingerprint density at radius 3 is 2.63 bits per heavy atom. The van der Waals surface area contributed by atoms with Crippen molar-refractivity contribution in [2.24, 2.45) is 0 Å². The van der Waals surface area contributed by atoms with Crippen molar-refractivity contribution in [1.82, 2.24) is 24.6 Å². The van der Waals surface area contributed by atoms with Crippen LogP contribution in [0.4, 0.5) is 14.6 Å². The number of allylic oxidation sites excluding steroid dienone is 2. The van der Waals surface area contributed by atoms with Crippen LogP contribution in [0.15, 0.2) is 76.0 Å². The van der Waals surface area contributed by atoms with E-state index in [1.165, 1.54) is 36.3 Å². The number of aromatic nitrogens is 4. The number of halogens is 3. The molecule has 8 nitrogen and oxygen atoms in total. The number of nitrogens with two attached hydrogens (primary N) is 1. The van der Waals surface area contributed by atoms with Crippen molar-refractivity contribution in [3.8, 4) is 17.0 Å². The van der Waals surface area contributed by atoms with Gasteiger partial charge in [0.2, 0.25) is 0 Å². The van der Waals surface area contributed by atoms with Gasteiger partial charge in [0.05, 0.1) is 22.6 Å². The highest BCUT2D eigenvalue weighted by molar-refractivity contribution is 8.06. The number of nitrogen functional groups attached to an aromatic ring is 1. The monoisotopic (exact) mass is 594 g/mol. The van der Waals surface area contributed by atoms with Crippen LogP contribution in [0.1, 0.15) is 32.4 Å². The highest BCUT2D eigenvalue weighted by Gasteiger charge is 2.37. The fourth-order valence-electron chi connectivity index (χ4n) is 5.07. The summed E-state index contributed by atoms with van der Waals surface area (Å²) in [6, 6.07) is 10.1. The molecular weight excluding hydrogens is 570 g/mol. The molecule has 0 saturated heterocycles. The molecule has 2 atom stereocenters. The third kappa shape index (κ3) is 4.73. The number of hydrogen-bond acceptors (Lipinski definition) is 8. The van der Waals surface area contributed by atoms with Crippen molar-refractivity contribution in [3.63, 3.8) is 0 Å². The van der Waals surface area contributed by atoms with Crippen LogP contribution in [0, 0.1) is 11.6 Å². The van der Waals surface area contributed by atoms with E-state index in [0.29, 0.717) is 49.2 Å². The highest BCUT2D eigenvalue weighted by atomic mass is 35.5. The molecule has 2 aliphatic heterocycles. The van der Waals surface area contributed by atoms with Gasteiger partial charge in [-0.15, -0.1) is 0 Å². The minimum absolute atomic E-state index is 0.128. The number of fused-ring (bicyclic) bond motifs is 2. The zero-order chi connectivity index (χ0) is 29.0. The van der Waals surface area contributed by atoms with Gasteiger partial charge in [-0.1, -0.05) is 35.5 Å². The van der Waals surface area contributed by atoms with Crippen molar-refractivity contribution in [1.29, 1.82) is 0 Å². The van der Waals surface area contributed by atoms with Crippen LogP contribution in [0.5, 0.6) is 5.75 Å². The molecule has 0 bridgehead atoms. The molecule has 2 unspecified atom stereocenters. The molecule has 0 aliphatic carbocycles. The standard InChI is InChI=1S/C29H25ClF2N6O2S/c1-14(2)40-21-8-7-17(10-20(21)32)26-25-27(33)34-13-35-28(25)38(36-26)15(3)19-11-23-37(22(30)12-41-23)29(39)24(19)16-5-4-6-18(31)9-16/h4-15,29,39H,1-3H3,(H2,33,34,35). The minimum Gasteiger partial charge on any atom is -0.488 e. The third-order valence-electron chi connectivity index (χ3n) is 6.88. The molecule has 2 aliphatic rings. The molecule has 210 valence electrons. The first-order valence-electron chi connectivity index (χ1n) is 12.8. The molecule has 41 heavy (non-hydrogen) atoms. The van der Waals surface area contributed by atoms with Gasteiger partial charge in [0.15, 0.2) is 23.4 Å². The molecule has 4 heterocycles. The average Bonchev–Trinajstić information content (AvgIpc) is 3.51. The van der Waals surface area contributed by atoms with E-state index in [-0.39, 0.29) is 17.7 Å². The fourth-order valence-corrected chi connectivity index (χ4v) is 6.28. The fraction of sp³-hybridized carbons (Fsp3) is 0.207. The normalized spacial score (nSPS) is 17.7. The lowest BCUT2D eigenvalue weighted by Crippen LogP contribution is -2.35. The van der Waals surface area contributed by atoms with Crippen LogP contribution in [-0.2, 0) is 0 Å². The Kier molecular flexibility index (Phi) is 6.96. The number of benzene rings is 2. The summed E-state index contributed by atoms with van der Waals surface area (Å²) in [5.74, 6) is -0.674. The van der Waals surface area contributed by atoms with Gasteiger partial charge >= 0.3 is 0 Å². The lowest BCUT2D eigenvalue weighted by molar-refractivity contribution is 0.115. The van der Waals surface area contributed by atoms with Gasteiger partial charge in [-0.2, -0.15) is 5.10 Å². The van der Waals surface area contributed by atoms with Crippen LogP contribution >= 0.6 is 23.4 Å². The molecule has 2 aromatic heterocycles. The van der Waals surface area contributed by atoms with E-state index in [9.17, 15) is 9.50 Å². The van der Waals surface area contributed by atoms with E-state index >= 15 is 4.39 Å². The minimum atomic E-state index is -1.18. The molecule has 12 heteroatoms. The smallest absolute Gasteiger partial charge is 0.165 e. The van der Waals surface area contributed by atoms with E-state index in [1.807, 2.05) is 26.8 Å². The Morgan fingerprint density at radius 1 is 1.10 bits per heavy atom. The Morgan fingerprint density at radius 2 is 1.90 bits per heavy atom. The van der Waals surface area contributed by atoms with Crippen LogP contribution in [0.3, 0.4) is 0 Å². The van der Waals surface area contributed by atoms with E-state index in [4.69, 9.17) is 27.2 Å².